The first-order valence-electron chi connectivity index (χ1n) is 1.93. The van der Waals surface area contributed by atoms with E-state index in [9.17, 15) is 0 Å². The monoisotopic (exact) mass is 348 g/mol. The number of phosphoric acid groups is 2. The van der Waals surface area contributed by atoms with Crippen LogP contribution in [0.25, 0.3) is 0 Å². The van der Waals surface area contributed by atoms with Crippen molar-refractivity contribution >= 4 is 15.6 Å². The van der Waals surface area contributed by atoms with E-state index in [1.807, 2.05) is 0 Å². The van der Waals surface area contributed by atoms with Crippen LogP contribution in [0.1, 0.15) is 0 Å². The quantitative estimate of drug-likeness (QED) is 0.245. The molecule has 0 aliphatic rings. The molecule has 0 aliphatic heterocycles. The Morgan fingerprint density at radius 2 is 0.600 bits per heavy atom. The van der Waals surface area contributed by atoms with Gasteiger partial charge in [-0.15, -0.1) is 0 Å². The summed E-state index contributed by atoms with van der Waals surface area (Å²) in [6.45, 7) is 0. The zero-order valence-electron chi connectivity index (χ0n) is 6.61. The molecule has 0 fully saturated rings. The molecule has 0 unspecified atom stereocenters. The first-order chi connectivity index (χ1) is 6.00. The third-order valence-corrected chi connectivity index (χ3v) is 0. The van der Waals surface area contributed by atoms with E-state index in [4.69, 9.17) is 45.8 Å². The number of hydrogen-bond donors (Lipinski definition) is 6. The Balaban J connectivity index is -0.0000000318. The van der Waals surface area contributed by atoms with Crippen LogP contribution in [0.2, 0.25) is 0 Å². The standard InChI is InChI=1S/2H3O4P.H2O.2O.2V/c2*1-5(2,3)4;;;;;/h2*(H3,1,2,3,4);1H2;;;;. The van der Waals surface area contributed by atoms with Gasteiger partial charge in [-0.3, -0.25) is 0 Å². The van der Waals surface area contributed by atoms with Crippen molar-refractivity contribution in [1.29, 1.82) is 0 Å². The van der Waals surface area contributed by atoms with Gasteiger partial charge in [0.05, 0.1) is 0 Å². The van der Waals surface area contributed by atoms with Gasteiger partial charge >= 0.3 is 57.7 Å². The van der Waals surface area contributed by atoms with Crippen molar-refractivity contribution < 1.29 is 86.1 Å². The second-order valence-electron chi connectivity index (χ2n) is 1.03. The number of rotatable bonds is 0. The van der Waals surface area contributed by atoms with Crippen LogP contribution in [0.4, 0.5) is 0 Å². The van der Waals surface area contributed by atoms with Crippen molar-refractivity contribution in [3.05, 3.63) is 0 Å². The zero-order valence-corrected chi connectivity index (χ0v) is 11.2. The molecule has 0 aliphatic carbocycles. The van der Waals surface area contributed by atoms with Crippen LogP contribution in [0, 0.1) is 0 Å². The molecule has 0 aromatic rings. The molecule has 0 aromatic carbocycles. The Morgan fingerprint density at radius 3 is 0.600 bits per heavy atom. The molecule has 15 heavy (non-hydrogen) atoms. The van der Waals surface area contributed by atoms with E-state index < -0.39 is 15.6 Å². The number of hydrogen-bond acceptors (Lipinski definition) is 4. The van der Waals surface area contributed by atoms with Crippen molar-refractivity contribution in [3.63, 3.8) is 0 Å². The summed E-state index contributed by atoms with van der Waals surface area (Å²) >= 11 is 2.12. The van der Waals surface area contributed by atoms with Crippen molar-refractivity contribution in [1.82, 2.24) is 0 Å². The Bertz CT molecular complexity index is 150. The van der Waals surface area contributed by atoms with Crippen LogP contribution in [0.3, 0.4) is 0 Å². The summed E-state index contributed by atoms with van der Waals surface area (Å²) in [5.74, 6) is 0. The minimum atomic E-state index is -4.64. The van der Waals surface area contributed by atoms with Crippen LogP contribution < -0.4 is 0 Å². The van der Waals surface area contributed by atoms with E-state index in [-0.39, 0.29) is 5.48 Å². The summed E-state index contributed by atoms with van der Waals surface area (Å²) < 4.78 is 34.1. The van der Waals surface area contributed by atoms with Gasteiger partial charge in [0.25, 0.3) is 0 Å². The fourth-order valence-corrected chi connectivity index (χ4v) is 0. The average molecular weight is 348 g/mol. The molecule has 15 heteroatoms. The minimum absolute atomic E-state index is 0. The van der Waals surface area contributed by atoms with Crippen LogP contribution in [0.5, 0.6) is 0 Å². The third-order valence-electron chi connectivity index (χ3n) is 0. The Labute approximate surface area is 102 Å². The zero-order chi connectivity index (χ0) is 13.0. The molecule has 0 atom stereocenters. The second-order valence-corrected chi connectivity index (χ2v) is 3.08. The van der Waals surface area contributed by atoms with Crippen LogP contribution >= 0.6 is 15.6 Å². The average Bonchev–Trinajstić information content (AvgIpc) is 1.88. The molecule has 11 nitrogen and oxygen atoms in total. The van der Waals surface area contributed by atoms with Crippen molar-refractivity contribution in [3.8, 4) is 0 Å². The molecule has 0 saturated carbocycles. The predicted octanol–water partition coefficient (Wildman–Crippen LogP) is -2.92. The third kappa shape index (κ3) is 2780. The van der Waals surface area contributed by atoms with Gasteiger partial charge in [-0.25, -0.2) is 9.13 Å². The van der Waals surface area contributed by atoms with Gasteiger partial charge in [0.2, 0.25) is 0 Å². The van der Waals surface area contributed by atoms with E-state index >= 15 is 0 Å². The van der Waals surface area contributed by atoms with E-state index in [2.05, 4.69) is 0 Å². The fourth-order valence-electron chi connectivity index (χ4n) is 0. The van der Waals surface area contributed by atoms with Gasteiger partial charge in [-0.05, 0) is 0 Å². The first-order valence-corrected chi connectivity index (χ1v) is 6.20. The summed E-state index contributed by atoms with van der Waals surface area (Å²) in [7, 11) is -9.28. The summed E-state index contributed by atoms with van der Waals surface area (Å²) in [5, 5.41) is 0. The molecule has 0 spiro atoms. The summed E-state index contributed by atoms with van der Waals surface area (Å²) in [6, 6.07) is 0. The van der Waals surface area contributed by atoms with Gasteiger partial charge in [-0.1, -0.05) is 0 Å². The van der Waals surface area contributed by atoms with Gasteiger partial charge in [0.15, 0.2) is 0 Å². The van der Waals surface area contributed by atoms with E-state index in [0.717, 1.165) is 34.7 Å². The predicted molar refractivity (Wildman–Crippen MR) is 33.5 cm³/mol. The second kappa shape index (κ2) is 17.3. The van der Waals surface area contributed by atoms with Crippen molar-refractivity contribution in [2.45, 2.75) is 0 Å². The maximum absolute atomic E-state index is 8.88. The van der Waals surface area contributed by atoms with Gasteiger partial charge in [0, 0.05) is 0 Å². The molecular formula is H8O11P2V2. The molecule has 94 valence electrons. The first kappa shape index (κ1) is 29.7. The molecule has 0 heterocycles. The fraction of sp³-hybridized carbons (Fsp3) is 0. The van der Waals surface area contributed by atoms with E-state index in [0.29, 0.717) is 0 Å². The normalized spacial score (nSPS) is 8.27. The van der Waals surface area contributed by atoms with Crippen LogP contribution in [0.15, 0.2) is 0 Å². The molecule has 0 saturated heterocycles. The molecular weight excluding hydrogens is 340 g/mol. The molecule has 0 rings (SSSR count). The van der Waals surface area contributed by atoms with Crippen molar-refractivity contribution in [2.75, 3.05) is 0 Å². The van der Waals surface area contributed by atoms with Gasteiger partial charge < -0.3 is 34.8 Å². The maximum atomic E-state index is 8.88. The van der Waals surface area contributed by atoms with E-state index in [1.165, 1.54) is 0 Å². The summed E-state index contributed by atoms with van der Waals surface area (Å²) in [6.07, 6.45) is 0. The molecule has 0 amide bonds. The molecule has 0 aromatic heterocycles. The summed E-state index contributed by atoms with van der Waals surface area (Å²) in [4.78, 5) is 43.1. The topological polar surface area (TPSA) is 221 Å². The van der Waals surface area contributed by atoms with Crippen LogP contribution in [-0.2, 0) is 51.2 Å². The Hall–Kier alpha value is 0.949. The Morgan fingerprint density at radius 1 is 0.600 bits per heavy atom. The molecule has 0 radical (unpaired) electrons. The molecule has 0 bridgehead atoms. The van der Waals surface area contributed by atoms with E-state index in [1.54, 1.807) is 0 Å². The van der Waals surface area contributed by atoms with Gasteiger partial charge in [0.1, 0.15) is 0 Å². The Kier molecular flexibility index (Phi) is 34.4. The van der Waals surface area contributed by atoms with Crippen LogP contribution in [-0.4, -0.2) is 34.8 Å². The molecule has 8 N–H and O–H groups in total. The van der Waals surface area contributed by atoms with Gasteiger partial charge in [-0.2, -0.15) is 0 Å². The SMILES string of the molecule is O.O=P(O)(O)O.O=P(O)(O)O.[O]=[V].[O]=[V]. The summed E-state index contributed by atoms with van der Waals surface area (Å²) in [5.41, 5.74) is 0. The van der Waals surface area contributed by atoms with Crippen molar-refractivity contribution in [2.24, 2.45) is 0 Å².